The van der Waals surface area contributed by atoms with E-state index in [9.17, 15) is 30.3 Å². The van der Waals surface area contributed by atoms with E-state index in [4.69, 9.17) is 9.47 Å². The minimum atomic E-state index is -1.27. The number of aliphatic hydroxyl groups is 5. The van der Waals surface area contributed by atoms with E-state index in [-0.39, 0.29) is 25.4 Å². The van der Waals surface area contributed by atoms with Crippen molar-refractivity contribution < 1.29 is 39.8 Å². The maximum atomic E-state index is 12.8. The van der Waals surface area contributed by atoms with Gasteiger partial charge in [-0.1, -0.05) is 128 Å². The third kappa shape index (κ3) is 20.8. The average molecular weight is 656 g/mol. The Balaban J connectivity index is 2.51. The highest BCUT2D eigenvalue weighted by molar-refractivity contribution is 5.76. The molecule has 1 aliphatic heterocycles. The van der Waals surface area contributed by atoms with Crippen molar-refractivity contribution in [2.24, 2.45) is 0 Å². The number of ether oxygens (including phenoxy) is 2. The summed E-state index contributed by atoms with van der Waals surface area (Å²) < 4.78 is 11.2. The summed E-state index contributed by atoms with van der Waals surface area (Å²) in [6.07, 6.45) is 23.0. The lowest BCUT2D eigenvalue weighted by Gasteiger charge is -2.37. The Hall–Kier alpha value is -1.33. The Morgan fingerprint density at radius 2 is 1.37 bits per heavy atom. The predicted octanol–water partition coefficient (Wildman–Crippen LogP) is 5.99. The van der Waals surface area contributed by atoms with Crippen LogP contribution in [0.3, 0.4) is 0 Å². The van der Waals surface area contributed by atoms with Gasteiger partial charge >= 0.3 is 0 Å². The fourth-order valence-electron chi connectivity index (χ4n) is 5.75. The lowest BCUT2D eigenvalue weighted by molar-refractivity contribution is -0.273. The van der Waals surface area contributed by atoms with Crippen LogP contribution in [0.15, 0.2) is 24.3 Å². The van der Waals surface area contributed by atoms with E-state index in [1.165, 1.54) is 77.0 Å². The molecule has 1 heterocycles. The molecule has 0 saturated carbocycles. The molecule has 0 aromatic heterocycles. The minimum Gasteiger partial charge on any atom is -0.394 e. The zero-order valence-corrected chi connectivity index (χ0v) is 29.1. The highest BCUT2D eigenvalue weighted by atomic mass is 16.7. The molecule has 6 N–H and O–H groups in total. The van der Waals surface area contributed by atoms with E-state index < -0.39 is 49.5 Å². The van der Waals surface area contributed by atoms with Gasteiger partial charge in [0.2, 0.25) is 5.91 Å². The smallest absolute Gasteiger partial charge is 0.220 e. The average Bonchev–Trinajstić information content (AvgIpc) is 3.04. The Kier molecular flexibility index (Phi) is 26.6. The number of nitrogens with one attached hydrogen (secondary N) is 1. The van der Waals surface area contributed by atoms with Gasteiger partial charge in [0, 0.05) is 12.8 Å². The van der Waals surface area contributed by atoms with Crippen LogP contribution >= 0.6 is 0 Å². The van der Waals surface area contributed by atoms with Crippen molar-refractivity contribution in [3.63, 3.8) is 0 Å². The summed E-state index contributed by atoms with van der Waals surface area (Å²) in [5.41, 5.74) is 0. The van der Waals surface area contributed by atoms with E-state index in [0.717, 1.165) is 32.1 Å². The van der Waals surface area contributed by atoms with E-state index in [2.05, 4.69) is 31.3 Å². The fraction of sp³-hybridized carbons (Fsp3) is 0.865. The van der Waals surface area contributed by atoms with Crippen LogP contribution in [0.1, 0.15) is 149 Å². The van der Waals surface area contributed by atoms with Crippen molar-refractivity contribution in [2.45, 2.75) is 192 Å². The maximum Gasteiger partial charge on any atom is 0.220 e. The van der Waals surface area contributed by atoms with Crippen LogP contribution in [0, 0.1) is 0 Å². The van der Waals surface area contributed by atoms with E-state index >= 15 is 0 Å². The second-order valence-electron chi connectivity index (χ2n) is 13.1. The largest absolute Gasteiger partial charge is 0.394 e. The second kappa shape index (κ2) is 28.7. The highest BCUT2D eigenvalue weighted by Crippen LogP contribution is 2.22. The molecule has 1 rings (SSSR count). The summed E-state index contributed by atoms with van der Waals surface area (Å²) in [5, 5.41) is 54.4. The van der Waals surface area contributed by atoms with Crippen molar-refractivity contribution in [2.75, 3.05) is 13.2 Å². The number of carbonyl (C=O) groups excluding carboxylic acids is 1. The molecule has 0 aromatic rings. The van der Waals surface area contributed by atoms with Crippen molar-refractivity contribution >= 4 is 5.91 Å². The van der Waals surface area contributed by atoms with Crippen LogP contribution in [0.25, 0.3) is 0 Å². The van der Waals surface area contributed by atoms with Gasteiger partial charge in [0.15, 0.2) is 6.29 Å². The molecule has 7 atom stereocenters. The first-order chi connectivity index (χ1) is 22.3. The van der Waals surface area contributed by atoms with Crippen LogP contribution in [-0.4, -0.2) is 87.5 Å². The number of hydrogen-bond donors (Lipinski definition) is 6. The van der Waals surface area contributed by atoms with Crippen molar-refractivity contribution in [1.29, 1.82) is 0 Å². The molecular formula is C37H69NO8. The topological polar surface area (TPSA) is 149 Å². The fourth-order valence-corrected chi connectivity index (χ4v) is 5.75. The van der Waals surface area contributed by atoms with Crippen LogP contribution in [0.4, 0.5) is 0 Å². The SMILES string of the molecule is CCCCC/C=C\C/C=C\CCC(=O)N[C@@H](COC1OC(CO)C(O)CC1O)[C@H](O)[C@H](O)CCCCCCCCCCCCCC. The Morgan fingerprint density at radius 3 is 1.98 bits per heavy atom. The summed E-state index contributed by atoms with van der Waals surface area (Å²) in [4.78, 5) is 12.8. The molecule has 1 fully saturated rings. The van der Waals surface area contributed by atoms with Gasteiger partial charge in [-0.25, -0.2) is 0 Å². The summed E-state index contributed by atoms with van der Waals surface area (Å²) in [6.45, 7) is 3.78. The summed E-state index contributed by atoms with van der Waals surface area (Å²) in [5.74, 6) is -0.279. The monoisotopic (exact) mass is 656 g/mol. The molecule has 9 heteroatoms. The van der Waals surface area contributed by atoms with E-state index in [0.29, 0.717) is 12.8 Å². The predicted molar refractivity (Wildman–Crippen MR) is 184 cm³/mol. The quantitative estimate of drug-likeness (QED) is 0.0425. The molecular weight excluding hydrogens is 586 g/mol. The number of rotatable bonds is 29. The van der Waals surface area contributed by atoms with Crippen LogP contribution in [-0.2, 0) is 14.3 Å². The second-order valence-corrected chi connectivity index (χ2v) is 13.1. The summed E-state index contributed by atoms with van der Waals surface area (Å²) >= 11 is 0. The van der Waals surface area contributed by atoms with Crippen molar-refractivity contribution in [3.05, 3.63) is 24.3 Å². The molecule has 9 nitrogen and oxygen atoms in total. The molecule has 1 aliphatic rings. The van der Waals surface area contributed by atoms with Crippen molar-refractivity contribution in [3.8, 4) is 0 Å². The number of hydrogen-bond acceptors (Lipinski definition) is 8. The molecule has 0 aliphatic carbocycles. The molecule has 0 spiro atoms. The van der Waals surface area contributed by atoms with Gasteiger partial charge in [-0.3, -0.25) is 4.79 Å². The zero-order valence-electron chi connectivity index (χ0n) is 29.1. The third-order valence-corrected chi connectivity index (χ3v) is 8.78. The standard InChI is InChI=1S/C37H69NO8/c1-3-5-7-9-11-13-15-16-17-19-21-23-25-31(40)36(44)30(29-45-37-33(42)27-32(41)34(28-39)46-37)38-35(43)26-24-22-20-18-14-12-10-8-6-4-2/h12,14,20,22,30-34,36-37,39-42,44H,3-11,13,15-19,21,23-29H2,1-2H3,(H,38,43)/b14-12-,22-20-/t30-,31+,32?,33?,34?,36-,37?/m0/s1. The third-order valence-electron chi connectivity index (χ3n) is 8.78. The van der Waals surface area contributed by atoms with Crippen LogP contribution in [0.2, 0.25) is 0 Å². The number of carbonyl (C=O) groups is 1. The first-order valence-electron chi connectivity index (χ1n) is 18.5. The highest BCUT2D eigenvalue weighted by Gasteiger charge is 2.38. The van der Waals surface area contributed by atoms with Gasteiger partial charge < -0.3 is 40.3 Å². The van der Waals surface area contributed by atoms with Crippen molar-refractivity contribution in [1.82, 2.24) is 5.32 Å². The molecule has 0 bridgehead atoms. The van der Waals surface area contributed by atoms with Crippen LogP contribution in [0.5, 0.6) is 0 Å². The van der Waals surface area contributed by atoms with E-state index in [1.54, 1.807) is 0 Å². The number of unbranched alkanes of at least 4 members (excludes halogenated alkanes) is 14. The van der Waals surface area contributed by atoms with Gasteiger partial charge in [0.1, 0.15) is 18.3 Å². The normalized spacial score (nSPS) is 22.4. The Labute approximate surface area is 279 Å². The lowest BCUT2D eigenvalue weighted by Crippen LogP contribution is -2.54. The molecule has 270 valence electrons. The Morgan fingerprint density at radius 1 is 0.804 bits per heavy atom. The van der Waals surface area contributed by atoms with Gasteiger partial charge in [-0.05, 0) is 32.1 Å². The molecule has 0 aromatic carbocycles. The molecule has 46 heavy (non-hydrogen) atoms. The first-order valence-corrected chi connectivity index (χ1v) is 18.5. The van der Waals surface area contributed by atoms with Gasteiger partial charge in [-0.15, -0.1) is 0 Å². The lowest BCUT2D eigenvalue weighted by atomic mass is 9.99. The number of aliphatic hydroxyl groups excluding tert-OH is 5. The maximum absolute atomic E-state index is 12.8. The minimum absolute atomic E-state index is 0.0304. The molecule has 0 radical (unpaired) electrons. The summed E-state index contributed by atoms with van der Waals surface area (Å²) in [6, 6.07) is -0.926. The molecule has 4 unspecified atom stereocenters. The van der Waals surface area contributed by atoms with Gasteiger partial charge in [0.05, 0.1) is 31.5 Å². The number of amides is 1. The van der Waals surface area contributed by atoms with Gasteiger partial charge in [-0.2, -0.15) is 0 Å². The molecule has 1 amide bonds. The summed E-state index contributed by atoms with van der Waals surface area (Å²) in [7, 11) is 0. The van der Waals surface area contributed by atoms with Crippen LogP contribution < -0.4 is 5.32 Å². The van der Waals surface area contributed by atoms with Gasteiger partial charge in [0.25, 0.3) is 0 Å². The first kappa shape index (κ1) is 42.7. The van der Waals surface area contributed by atoms with E-state index in [1.807, 2.05) is 12.2 Å². The number of allylic oxidation sites excluding steroid dienone is 4. The zero-order chi connectivity index (χ0) is 33.8. The Bertz CT molecular complexity index is 778. The molecule has 1 saturated heterocycles.